The molecule has 0 heterocycles. The zero-order valence-corrected chi connectivity index (χ0v) is 36.3. The van der Waals surface area contributed by atoms with Gasteiger partial charge in [0.2, 0.25) is 5.91 Å². The first-order valence-corrected chi connectivity index (χ1v) is 23.7. The quantitative estimate of drug-likeness (QED) is 0.0184. The Kier molecular flexibility index (Phi) is 31.7. The zero-order valence-electron chi connectivity index (χ0n) is 35.4. The molecule has 14 heteroatoms. The zero-order chi connectivity index (χ0) is 43.0. The highest BCUT2D eigenvalue weighted by molar-refractivity contribution is 7.47. The Balaban J connectivity index is 2.63. The summed E-state index contributed by atoms with van der Waals surface area (Å²) in [5.74, 6) is -0.620. The van der Waals surface area contributed by atoms with Crippen molar-refractivity contribution in [1.82, 2.24) is 5.32 Å². The van der Waals surface area contributed by atoms with Gasteiger partial charge in [-0.3, -0.25) is 13.8 Å². The van der Waals surface area contributed by atoms with Crippen molar-refractivity contribution in [1.29, 1.82) is 0 Å². The van der Waals surface area contributed by atoms with Crippen molar-refractivity contribution in [3.63, 3.8) is 0 Å². The molecule has 0 saturated heterocycles. The fourth-order valence-corrected chi connectivity index (χ4v) is 7.64. The molecule has 1 rings (SSSR count). The highest BCUT2D eigenvalue weighted by Crippen LogP contribution is 2.47. The third-order valence-corrected chi connectivity index (χ3v) is 11.3. The number of aliphatic hydroxyl groups is 7. The molecule has 8 atom stereocenters. The van der Waals surface area contributed by atoms with Gasteiger partial charge in [-0.05, 0) is 70.6 Å². The van der Waals surface area contributed by atoms with Gasteiger partial charge < -0.3 is 46.0 Å². The minimum atomic E-state index is -5.15. The number of carbonyl (C=O) groups is 1. The summed E-state index contributed by atoms with van der Waals surface area (Å²) in [4.78, 5) is 23.3. The molecule has 58 heavy (non-hydrogen) atoms. The maximum Gasteiger partial charge on any atom is 0.472 e. The Morgan fingerprint density at radius 3 is 1.55 bits per heavy atom. The molecule has 0 bridgehead atoms. The third-order valence-electron chi connectivity index (χ3n) is 10.4. The van der Waals surface area contributed by atoms with Crippen LogP contribution in [0.3, 0.4) is 0 Å². The lowest BCUT2D eigenvalue weighted by molar-refractivity contribution is -0.220. The van der Waals surface area contributed by atoms with Crippen molar-refractivity contribution < 1.29 is 59.0 Å². The van der Waals surface area contributed by atoms with Gasteiger partial charge >= 0.3 is 7.82 Å². The second-order valence-electron chi connectivity index (χ2n) is 15.7. The molecule has 13 nitrogen and oxygen atoms in total. The minimum absolute atomic E-state index is 0.269. The lowest BCUT2D eigenvalue weighted by Gasteiger charge is -2.41. The number of carbonyl (C=O) groups excluding carboxylic acids is 1. The monoisotopic (exact) mass is 846 g/mol. The van der Waals surface area contributed by atoms with E-state index in [1.165, 1.54) is 76.7 Å². The Morgan fingerprint density at radius 1 is 0.603 bits per heavy atom. The Morgan fingerprint density at radius 2 is 1.02 bits per heavy atom. The first kappa shape index (κ1) is 54.3. The number of hydrogen-bond acceptors (Lipinski definition) is 11. The summed E-state index contributed by atoms with van der Waals surface area (Å²) in [5, 5.41) is 74.2. The van der Waals surface area contributed by atoms with E-state index in [9.17, 15) is 50.0 Å². The average molecular weight is 846 g/mol. The SMILES string of the molecule is CCCCC/C=C\CCCCCC(O)CC(=O)NC(COP(=O)(O)OC1C(O)C(O)C(O)C(O)C1O)C(O)/C=C/CC/C=C/CC/C=C/CCCCCCCCCC. The first-order valence-electron chi connectivity index (χ1n) is 22.2. The summed E-state index contributed by atoms with van der Waals surface area (Å²) in [6, 6.07) is -1.27. The van der Waals surface area contributed by atoms with Crippen molar-refractivity contribution in [2.75, 3.05) is 6.61 Å². The molecule has 1 aliphatic rings. The molecule has 1 fully saturated rings. The molecule has 9 N–H and O–H groups in total. The topological polar surface area (TPSA) is 226 Å². The van der Waals surface area contributed by atoms with Crippen LogP contribution in [0.25, 0.3) is 0 Å². The van der Waals surface area contributed by atoms with Gasteiger partial charge in [-0.15, -0.1) is 0 Å². The van der Waals surface area contributed by atoms with E-state index in [4.69, 9.17) is 9.05 Å². The molecular weight excluding hydrogens is 765 g/mol. The number of unbranched alkanes of at least 4 members (excludes halogenated alkanes) is 16. The molecule has 0 aromatic rings. The maximum absolute atomic E-state index is 12.9. The second-order valence-corrected chi connectivity index (χ2v) is 17.1. The Labute approximate surface area is 349 Å². The summed E-state index contributed by atoms with van der Waals surface area (Å²) < 4.78 is 22.8. The summed E-state index contributed by atoms with van der Waals surface area (Å²) in [6.45, 7) is 3.66. The Bertz CT molecular complexity index is 1180. The smallest absolute Gasteiger partial charge is 0.393 e. The van der Waals surface area contributed by atoms with E-state index in [1.54, 1.807) is 6.08 Å². The van der Waals surface area contributed by atoms with Crippen LogP contribution in [0, 0.1) is 0 Å². The van der Waals surface area contributed by atoms with Crippen LogP contribution >= 0.6 is 7.82 Å². The van der Waals surface area contributed by atoms with Crippen LogP contribution in [0.4, 0.5) is 0 Å². The molecule has 0 radical (unpaired) electrons. The molecule has 1 saturated carbocycles. The molecular formula is C44H80NO12P. The minimum Gasteiger partial charge on any atom is -0.393 e. The van der Waals surface area contributed by atoms with Crippen LogP contribution in [0.5, 0.6) is 0 Å². The van der Waals surface area contributed by atoms with Crippen molar-refractivity contribution in [3.8, 4) is 0 Å². The first-order chi connectivity index (χ1) is 27.8. The van der Waals surface area contributed by atoms with E-state index >= 15 is 0 Å². The number of rotatable bonds is 35. The number of hydrogen-bond donors (Lipinski definition) is 9. The lowest BCUT2D eigenvalue weighted by atomic mass is 9.85. The molecule has 338 valence electrons. The fraction of sp³-hybridized carbons (Fsp3) is 0.795. The number of nitrogens with one attached hydrogen (secondary N) is 1. The van der Waals surface area contributed by atoms with E-state index in [0.717, 1.165) is 51.4 Å². The van der Waals surface area contributed by atoms with Crippen molar-refractivity contribution >= 4 is 13.7 Å². The predicted octanol–water partition coefficient (Wildman–Crippen LogP) is 6.75. The van der Waals surface area contributed by atoms with E-state index in [0.29, 0.717) is 19.3 Å². The van der Waals surface area contributed by atoms with Gasteiger partial charge in [0.15, 0.2) is 0 Å². The van der Waals surface area contributed by atoms with Gasteiger partial charge in [-0.2, -0.15) is 0 Å². The van der Waals surface area contributed by atoms with Crippen molar-refractivity contribution in [3.05, 3.63) is 48.6 Å². The van der Waals surface area contributed by atoms with Crippen LogP contribution in [0.15, 0.2) is 48.6 Å². The number of amides is 1. The van der Waals surface area contributed by atoms with E-state index in [1.807, 2.05) is 0 Å². The summed E-state index contributed by atoms with van der Waals surface area (Å²) >= 11 is 0. The molecule has 8 unspecified atom stereocenters. The van der Waals surface area contributed by atoms with Crippen molar-refractivity contribution in [2.45, 2.75) is 216 Å². The van der Waals surface area contributed by atoms with Crippen LogP contribution < -0.4 is 5.32 Å². The normalized spacial score (nSPS) is 24.2. The van der Waals surface area contributed by atoms with Gasteiger partial charge in [0.05, 0.1) is 31.3 Å². The van der Waals surface area contributed by atoms with Gasteiger partial charge in [-0.25, -0.2) is 4.57 Å². The predicted molar refractivity (Wildman–Crippen MR) is 229 cm³/mol. The molecule has 1 amide bonds. The maximum atomic E-state index is 12.9. The van der Waals surface area contributed by atoms with Gasteiger partial charge in [-0.1, -0.05) is 133 Å². The highest BCUT2D eigenvalue weighted by atomic mass is 31.2. The average Bonchev–Trinajstić information content (AvgIpc) is 3.19. The van der Waals surface area contributed by atoms with E-state index in [-0.39, 0.29) is 6.42 Å². The molecule has 1 aliphatic carbocycles. The lowest BCUT2D eigenvalue weighted by Crippen LogP contribution is -2.64. The highest BCUT2D eigenvalue weighted by Gasteiger charge is 2.51. The molecule has 0 aliphatic heterocycles. The van der Waals surface area contributed by atoms with Gasteiger partial charge in [0, 0.05) is 0 Å². The molecule has 0 aromatic heterocycles. The number of phosphoric acid groups is 1. The van der Waals surface area contributed by atoms with Gasteiger partial charge in [0.1, 0.15) is 36.6 Å². The summed E-state index contributed by atoms with van der Waals surface area (Å²) in [5.41, 5.74) is 0. The standard InChI is InChI=1S/C44H80NO12P/c1-3-5-7-9-11-13-15-16-17-18-19-20-21-22-24-26-28-30-32-37(47)36(34-56-58(54,55)57-44-42(52)40(50)39(49)41(51)43(44)53)45-38(48)33-35(46)31-29-27-25-23-14-12-10-8-6-4-2/h12,14,18-19,22,24,30,32,35-37,39-44,46-47,49-53H,3-11,13,15-17,20-21,23,25-29,31,33-34H2,1-2H3,(H,45,48)(H,54,55)/b14-12-,19-18+,24-22+,32-30+. The molecule has 0 spiro atoms. The van der Waals surface area contributed by atoms with Crippen LogP contribution in [0.2, 0.25) is 0 Å². The number of phosphoric ester groups is 1. The second kappa shape index (κ2) is 33.9. The van der Waals surface area contributed by atoms with E-state index < -0.39 is 75.2 Å². The van der Waals surface area contributed by atoms with Crippen LogP contribution in [-0.2, 0) is 18.4 Å². The van der Waals surface area contributed by atoms with E-state index in [2.05, 4.69) is 55.6 Å². The van der Waals surface area contributed by atoms with Gasteiger partial charge in [0.25, 0.3) is 0 Å². The van der Waals surface area contributed by atoms with Crippen molar-refractivity contribution in [2.24, 2.45) is 0 Å². The largest absolute Gasteiger partial charge is 0.472 e. The van der Waals surface area contributed by atoms with Crippen LogP contribution in [-0.4, -0.2) is 108 Å². The Hall–Kier alpha value is -1.74. The fourth-order valence-electron chi connectivity index (χ4n) is 6.68. The molecule has 0 aromatic carbocycles. The number of aliphatic hydroxyl groups excluding tert-OH is 7. The summed E-state index contributed by atoms with van der Waals surface area (Å²) in [7, 11) is -5.15. The van der Waals surface area contributed by atoms with Crippen LogP contribution in [0.1, 0.15) is 162 Å². The summed E-state index contributed by atoms with van der Waals surface area (Å²) in [6.07, 6.45) is 25.0. The third kappa shape index (κ3) is 25.8. The number of allylic oxidation sites excluding steroid dienone is 7.